The molecule has 4 heterocycles. The van der Waals surface area contributed by atoms with Crippen molar-refractivity contribution >= 4 is 41.3 Å². The van der Waals surface area contributed by atoms with Gasteiger partial charge in [0.25, 0.3) is 0 Å². The van der Waals surface area contributed by atoms with E-state index in [1.54, 1.807) is 12.0 Å². The first-order valence-corrected chi connectivity index (χ1v) is 11.4. The number of methoxy groups -OCH3 is 1. The molecule has 10 heteroatoms. The lowest BCUT2D eigenvalue weighted by Gasteiger charge is -2.27. The van der Waals surface area contributed by atoms with Gasteiger partial charge >= 0.3 is 0 Å². The highest BCUT2D eigenvalue weighted by molar-refractivity contribution is 14.0. The van der Waals surface area contributed by atoms with Gasteiger partial charge in [-0.3, -0.25) is 9.89 Å². The predicted octanol–water partition coefficient (Wildman–Crippen LogP) is 2.03. The van der Waals surface area contributed by atoms with Crippen LogP contribution in [0, 0.1) is 0 Å². The minimum absolute atomic E-state index is 0. The molecule has 0 bridgehead atoms. The molecule has 2 aliphatic rings. The van der Waals surface area contributed by atoms with Gasteiger partial charge in [0, 0.05) is 50.6 Å². The number of hydrogen-bond acceptors (Lipinski definition) is 6. The van der Waals surface area contributed by atoms with Crippen LogP contribution in [-0.2, 0) is 37.3 Å². The monoisotopic (exact) mass is 545 g/mol. The van der Waals surface area contributed by atoms with E-state index in [1.807, 2.05) is 16.0 Å². The van der Waals surface area contributed by atoms with Crippen molar-refractivity contribution < 1.29 is 4.74 Å². The minimum Gasteiger partial charge on any atom is -0.377 e. The van der Waals surface area contributed by atoms with Gasteiger partial charge in [-0.05, 0) is 36.8 Å². The van der Waals surface area contributed by atoms with E-state index >= 15 is 0 Å². The molecule has 0 aliphatic carbocycles. The van der Waals surface area contributed by atoms with E-state index in [1.165, 1.54) is 12.0 Å². The van der Waals surface area contributed by atoms with Crippen molar-refractivity contribution in [1.82, 2.24) is 30.3 Å². The Balaban J connectivity index is 0.00000256. The first-order chi connectivity index (χ1) is 14.2. The highest BCUT2D eigenvalue weighted by Crippen LogP contribution is 2.23. The SMILES string of the molecule is CCNC(=NCCN1CCc2sccc2C1)NC1CCc2nc(COC)nn2C1.I. The summed E-state index contributed by atoms with van der Waals surface area (Å²) < 4.78 is 7.16. The zero-order chi connectivity index (χ0) is 20.1. The fraction of sp³-hybridized carbons (Fsp3) is 0.650. The van der Waals surface area contributed by atoms with Crippen molar-refractivity contribution in [2.24, 2.45) is 4.99 Å². The fourth-order valence-electron chi connectivity index (χ4n) is 3.98. The van der Waals surface area contributed by atoms with Gasteiger partial charge in [-0.2, -0.15) is 5.10 Å². The number of ether oxygens (including phenoxy) is 1. The van der Waals surface area contributed by atoms with E-state index in [0.717, 1.165) is 69.7 Å². The van der Waals surface area contributed by atoms with Crippen LogP contribution < -0.4 is 10.6 Å². The molecule has 0 amide bonds. The van der Waals surface area contributed by atoms with Gasteiger partial charge in [-0.25, -0.2) is 9.67 Å². The molecule has 0 aromatic carbocycles. The van der Waals surface area contributed by atoms with Crippen molar-refractivity contribution in [3.05, 3.63) is 33.5 Å². The summed E-state index contributed by atoms with van der Waals surface area (Å²) in [4.78, 5) is 13.4. The lowest BCUT2D eigenvalue weighted by Crippen LogP contribution is -2.47. The van der Waals surface area contributed by atoms with Gasteiger partial charge in [0.15, 0.2) is 11.8 Å². The number of hydrogen-bond donors (Lipinski definition) is 2. The van der Waals surface area contributed by atoms with Crippen LogP contribution in [0.3, 0.4) is 0 Å². The Kier molecular flexibility index (Phi) is 8.90. The molecule has 0 spiro atoms. The number of nitrogens with one attached hydrogen (secondary N) is 2. The summed E-state index contributed by atoms with van der Waals surface area (Å²) in [6.07, 6.45) is 3.12. The molecular formula is C20H32IN7OS. The summed E-state index contributed by atoms with van der Waals surface area (Å²) in [5.41, 5.74) is 1.49. The molecule has 166 valence electrons. The summed E-state index contributed by atoms with van der Waals surface area (Å²) in [6, 6.07) is 2.57. The molecule has 8 nitrogen and oxygen atoms in total. The van der Waals surface area contributed by atoms with Crippen LogP contribution in [-0.4, -0.2) is 65.0 Å². The van der Waals surface area contributed by atoms with E-state index in [9.17, 15) is 0 Å². The standard InChI is InChI=1S/C20H31N7OS.HI/c1-3-21-20(22-8-10-26-9-6-17-15(12-26)7-11-29-17)23-16-4-5-19-24-18(14-28-2)25-27(19)13-16;/h7,11,16H,3-6,8-10,12-14H2,1-2H3,(H2,21,22,23);1H. The van der Waals surface area contributed by atoms with Crippen LogP contribution in [0.25, 0.3) is 0 Å². The highest BCUT2D eigenvalue weighted by atomic mass is 127. The van der Waals surface area contributed by atoms with Crippen LogP contribution in [0.2, 0.25) is 0 Å². The van der Waals surface area contributed by atoms with Gasteiger partial charge in [0.05, 0.1) is 13.1 Å². The van der Waals surface area contributed by atoms with E-state index in [0.29, 0.717) is 12.6 Å². The van der Waals surface area contributed by atoms with Gasteiger partial charge < -0.3 is 15.4 Å². The third-order valence-corrected chi connectivity index (χ3v) is 6.46. The van der Waals surface area contributed by atoms with Gasteiger partial charge in [-0.15, -0.1) is 35.3 Å². The van der Waals surface area contributed by atoms with E-state index in [-0.39, 0.29) is 24.0 Å². The Hall–Kier alpha value is -1.24. The van der Waals surface area contributed by atoms with Crippen molar-refractivity contribution in [3.63, 3.8) is 0 Å². The highest BCUT2D eigenvalue weighted by Gasteiger charge is 2.22. The predicted molar refractivity (Wildman–Crippen MR) is 131 cm³/mol. The Morgan fingerprint density at radius 1 is 1.40 bits per heavy atom. The largest absolute Gasteiger partial charge is 0.377 e. The molecule has 0 saturated carbocycles. The molecule has 0 fully saturated rings. The summed E-state index contributed by atoms with van der Waals surface area (Å²) in [6.45, 7) is 8.21. The molecular weight excluding hydrogens is 513 g/mol. The maximum absolute atomic E-state index is 5.15. The lowest BCUT2D eigenvalue weighted by atomic mass is 10.1. The first kappa shape index (κ1) is 23.4. The van der Waals surface area contributed by atoms with Crippen molar-refractivity contribution in [2.45, 2.75) is 51.9 Å². The normalized spacial score (nSPS) is 19.0. The van der Waals surface area contributed by atoms with E-state index in [4.69, 9.17) is 9.73 Å². The number of aromatic nitrogens is 3. The van der Waals surface area contributed by atoms with Crippen LogP contribution in [0.4, 0.5) is 0 Å². The molecule has 1 atom stereocenters. The molecule has 2 aliphatic heterocycles. The van der Waals surface area contributed by atoms with Gasteiger partial charge in [0.1, 0.15) is 12.4 Å². The number of thiophene rings is 1. The Morgan fingerprint density at radius 3 is 3.13 bits per heavy atom. The third kappa shape index (κ3) is 5.92. The Labute approximate surface area is 199 Å². The topological polar surface area (TPSA) is 79.6 Å². The molecule has 1 unspecified atom stereocenters. The quantitative estimate of drug-likeness (QED) is 0.315. The second kappa shape index (κ2) is 11.4. The molecule has 4 rings (SSSR count). The van der Waals surface area contributed by atoms with Gasteiger partial charge in [0.2, 0.25) is 0 Å². The van der Waals surface area contributed by atoms with Crippen molar-refractivity contribution in [1.29, 1.82) is 0 Å². The van der Waals surface area contributed by atoms with Crippen molar-refractivity contribution in [3.8, 4) is 0 Å². The van der Waals surface area contributed by atoms with Crippen LogP contribution in [0.15, 0.2) is 16.4 Å². The lowest BCUT2D eigenvalue weighted by molar-refractivity contribution is 0.177. The molecule has 2 aromatic heterocycles. The number of nitrogens with zero attached hydrogens (tertiary/aromatic N) is 5. The maximum atomic E-state index is 5.15. The van der Waals surface area contributed by atoms with Crippen LogP contribution in [0.1, 0.15) is 35.4 Å². The second-order valence-electron chi connectivity index (χ2n) is 7.60. The van der Waals surface area contributed by atoms with Gasteiger partial charge in [-0.1, -0.05) is 0 Å². The number of guanidine groups is 1. The zero-order valence-corrected chi connectivity index (χ0v) is 20.9. The molecule has 0 radical (unpaired) electrons. The molecule has 30 heavy (non-hydrogen) atoms. The summed E-state index contributed by atoms with van der Waals surface area (Å²) >= 11 is 1.89. The maximum Gasteiger partial charge on any atom is 0.191 e. The average molecular weight is 545 g/mol. The summed E-state index contributed by atoms with van der Waals surface area (Å²) in [7, 11) is 1.67. The number of fused-ring (bicyclic) bond motifs is 2. The summed E-state index contributed by atoms with van der Waals surface area (Å²) in [5, 5.41) is 13.7. The number of rotatable bonds is 7. The number of aliphatic imine (C=N–C) groups is 1. The molecule has 0 saturated heterocycles. The van der Waals surface area contributed by atoms with Crippen LogP contribution in [0.5, 0.6) is 0 Å². The van der Waals surface area contributed by atoms with E-state index < -0.39 is 0 Å². The summed E-state index contributed by atoms with van der Waals surface area (Å²) in [5.74, 6) is 2.71. The second-order valence-corrected chi connectivity index (χ2v) is 8.60. The Bertz CT molecular complexity index is 837. The molecule has 2 aromatic rings. The Morgan fingerprint density at radius 2 is 2.30 bits per heavy atom. The number of halogens is 1. The smallest absolute Gasteiger partial charge is 0.191 e. The first-order valence-electron chi connectivity index (χ1n) is 10.5. The third-order valence-electron chi connectivity index (χ3n) is 5.43. The van der Waals surface area contributed by atoms with E-state index in [2.05, 4.69) is 44.0 Å². The minimum atomic E-state index is 0. The van der Waals surface area contributed by atoms with Crippen molar-refractivity contribution in [2.75, 3.05) is 33.3 Å². The fourth-order valence-corrected chi connectivity index (χ4v) is 4.87. The molecule has 2 N–H and O–H groups in total. The number of aryl methyl sites for hydroxylation is 1. The van der Waals surface area contributed by atoms with Crippen LogP contribution >= 0.6 is 35.3 Å². The average Bonchev–Trinajstić information content (AvgIpc) is 3.34. The zero-order valence-electron chi connectivity index (χ0n) is 17.8.